The minimum absolute atomic E-state index is 0.0329. The number of Topliss-reactive ketones (excluding diaryl/α,β-unsaturated/α-hetero) is 1. The van der Waals surface area contributed by atoms with Gasteiger partial charge in [0.05, 0.1) is 31.5 Å². The predicted octanol–water partition coefficient (Wildman–Crippen LogP) is 3.08. The van der Waals surface area contributed by atoms with E-state index in [1.807, 2.05) is 17.0 Å². The van der Waals surface area contributed by atoms with Crippen molar-refractivity contribution in [1.82, 2.24) is 14.8 Å². The van der Waals surface area contributed by atoms with Gasteiger partial charge in [0.15, 0.2) is 5.78 Å². The van der Waals surface area contributed by atoms with Gasteiger partial charge >= 0.3 is 6.03 Å². The average Bonchev–Trinajstić information content (AvgIpc) is 2.72. The van der Waals surface area contributed by atoms with Crippen molar-refractivity contribution < 1.29 is 14.3 Å². The summed E-state index contributed by atoms with van der Waals surface area (Å²) in [6, 6.07) is 11.2. The Morgan fingerprint density at radius 1 is 1.10 bits per heavy atom. The number of benzene rings is 1. The number of nitrogens with zero attached hydrogens (tertiary/aromatic N) is 4. The van der Waals surface area contributed by atoms with Gasteiger partial charge in [-0.1, -0.05) is 11.6 Å². The van der Waals surface area contributed by atoms with Gasteiger partial charge < -0.3 is 9.64 Å². The number of carbonyl (C=O) groups is 2. The van der Waals surface area contributed by atoms with Gasteiger partial charge in [0.25, 0.3) is 0 Å². The summed E-state index contributed by atoms with van der Waals surface area (Å²) in [5.74, 6) is -0.0329. The molecule has 4 rings (SSSR count). The molecule has 0 atom stereocenters. The zero-order valence-corrected chi connectivity index (χ0v) is 17.7. The highest BCUT2D eigenvalue weighted by Crippen LogP contribution is 2.23. The van der Waals surface area contributed by atoms with Crippen molar-refractivity contribution in [2.24, 2.45) is 0 Å². The standard InChI is InChI=1S/C22H25ClN4O3/c1-16(28)17-2-5-19(24-12-17)13-27(20-6-3-18(23)4-7-20)22(29)26-10-8-25(9-11-26)21-14-30-15-21/h2-7,12,21H,8-11,13-15H2,1H3. The molecule has 2 aliphatic heterocycles. The van der Waals surface area contributed by atoms with Gasteiger partial charge in [-0.05, 0) is 43.3 Å². The van der Waals surface area contributed by atoms with Crippen molar-refractivity contribution in [3.8, 4) is 0 Å². The zero-order chi connectivity index (χ0) is 21.1. The normalized spacial score (nSPS) is 17.5. The fraction of sp³-hybridized carbons (Fsp3) is 0.409. The number of rotatable bonds is 5. The molecular formula is C22H25ClN4O3. The molecule has 2 saturated heterocycles. The smallest absolute Gasteiger partial charge is 0.324 e. The quantitative estimate of drug-likeness (QED) is 0.685. The topological polar surface area (TPSA) is 66.0 Å². The van der Waals surface area contributed by atoms with Crippen LogP contribution in [0.3, 0.4) is 0 Å². The Hall–Kier alpha value is -2.48. The fourth-order valence-corrected chi connectivity index (χ4v) is 3.79. The molecule has 158 valence electrons. The summed E-state index contributed by atoms with van der Waals surface area (Å²) < 4.78 is 5.29. The number of hydrogen-bond donors (Lipinski definition) is 0. The van der Waals surface area contributed by atoms with Crippen molar-refractivity contribution in [3.63, 3.8) is 0 Å². The molecule has 30 heavy (non-hydrogen) atoms. The maximum Gasteiger partial charge on any atom is 0.324 e. The molecule has 0 radical (unpaired) electrons. The number of pyridine rings is 1. The van der Waals surface area contributed by atoms with Gasteiger partial charge in [-0.25, -0.2) is 4.79 Å². The first-order valence-electron chi connectivity index (χ1n) is 10.1. The summed E-state index contributed by atoms with van der Waals surface area (Å²) >= 11 is 6.04. The molecule has 0 aliphatic carbocycles. The molecule has 0 bridgehead atoms. The van der Waals surface area contributed by atoms with E-state index in [0.29, 0.717) is 42.0 Å². The Labute approximate surface area is 181 Å². The van der Waals surface area contributed by atoms with Crippen LogP contribution >= 0.6 is 11.6 Å². The molecule has 3 heterocycles. The highest BCUT2D eigenvalue weighted by molar-refractivity contribution is 6.30. The van der Waals surface area contributed by atoms with E-state index in [2.05, 4.69) is 9.88 Å². The van der Waals surface area contributed by atoms with Gasteiger partial charge in [-0.15, -0.1) is 0 Å². The number of hydrogen-bond acceptors (Lipinski definition) is 5. The molecular weight excluding hydrogens is 404 g/mol. The van der Waals surface area contributed by atoms with E-state index in [1.165, 1.54) is 6.92 Å². The molecule has 2 aliphatic rings. The van der Waals surface area contributed by atoms with Crippen LogP contribution in [-0.2, 0) is 11.3 Å². The van der Waals surface area contributed by atoms with Crippen molar-refractivity contribution in [3.05, 3.63) is 58.9 Å². The first kappa shape index (κ1) is 20.8. The molecule has 0 saturated carbocycles. The van der Waals surface area contributed by atoms with Gasteiger partial charge in [-0.3, -0.25) is 19.6 Å². The Bertz CT molecular complexity index is 892. The Morgan fingerprint density at radius 3 is 2.33 bits per heavy atom. The highest BCUT2D eigenvalue weighted by atomic mass is 35.5. The molecule has 2 fully saturated rings. The predicted molar refractivity (Wildman–Crippen MR) is 115 cm³/mol. The number of ketones is 1. The number of urea groups is 1. The number of ether oxygens (including phenoxy) is 1. The van der Waals surface area contributed by atoms with E-state index in [9.17, 15) is 9.59 Å². The molecule has 1 aromatic heterocycles. The van der Waals surface area contributed by atoms with Crippen LogP contribution in [0.4, 0.5) is 10.5 Å². The molecule has 0 N–H and O–H groups in total. The number of halogens is 1. The average molecular weight is 429 g/mol. The SMILES string of the molecule is CC(=O)c1ccc(CN(C(=O)N2CCN(C3COC3)CC2)c2ccc(Cl)cc2)nc1. The van der Waals surface area contributed by atoms with Crippen molar-refractivity contribution in [1.29, 1.82) is 0 Å². The third-order valence-electron chi connectivity index (χ3n) is 5.64. The summed E-state index contributed by atoms with van der Waals surface area (Å²) in [5.41, 5.74) is 2.03. The number of carbonyl (C=O) groups excluding carboxylic acids is 2. The first-order chi connectivity index (χ1) is 14.5. The van der Waals surface area contributed by atoms with Crippen LogP contribution in [-0.4, -0.2) is 72.0 Å². The minimum Gasteiger partial charge on any atom is -0.378 e. The lowest BCUT2D eigenvalue weighted by Crippen LogP contribution is -2.59. The van der Waals surface area contributed by atoms with Gasteiger partial charge in [0, 0.05) is 48.6 Å². The Kier molecular flexibility index (Phi) is 6.32. The van der Waals surface area contributed by atoms with Crippen LogP contribution in [0.5, 0.6) is 0 Å². The fourth-order valence-electron chi connectivity index (χ4n) is 3.66. The van der Waals surface area contributed by atoms with Gasteiger partial charge in [0.1, 0.15) is 0 Å². The number of aromatic nitrogens is 1. The third-order valence-corrected chi connectivity index (χ3v) is 5.89. The molecule has 2 aromatic rings. The van der Waals surface area contributed by atoms with Gasteiger partial charge in [0.2, 0.25) is 0 Å². The lowest BCUT2D eigenvalue weighted by atomic mass is 10.2. The molecule has 2 amide bonds. The third kappa shape index (κ3) is 4.64. The van der Waals surface area contributed by atoms with E-state index in [-0.39, 0.29) is 11.8 Å². The monoisotopic (exact) mass is 428 g/mol. The number of anilines is 1. The molecule has 7 nitrogen and oxygen atoms in total. The van der Waals surface area contributed by atoms with Gasteiger partial charge in [-0.2, -0.15) is 0 Å². The zero-order valence-electron chi connectivity index (χ0n) is 17.0. The Balaban J connectivity index is 1.50. The molecule has 8 heteroatoms. The van der Waals surface area contributed by atoms with Crippen molar-refractivity contribution in [2.45, 2.75) is 19.5 Å². The van der Waals surface area contributed by atoms with E-state index < -0.39 is 0 Å². The van der Waals surface area contributed by atoms with E-state index >= 15 is 0 Å². The maximum absolute atomic E-state index is 13.4. The Morgan fingerprint density at radius 2 is 1.80 bits per heavy atom. The van der Waals surface area contributed by atoms with Crippen molar-refractivity contribution >= 4 is 29.1 Å². The first-order valence-corrected chi connectivity index (χ1v) is 10.5. The van der Waals surface area contributed by atoms with Crippen LogP contribution < -0.4 is 4.90 Å². The lowest BCUT2D eigenvalue weighted by Gasteiger charge is -2.43. The van der Waals surface area contributed by atoms with Crippen LogP contribution in [0.1, 0.15) is 23.0 Å². The van der Waals surface area contributed by atoms with E-state index in [4.69, 9.17) is 16.3 Å². The summed E-state index contributed by atoms with van der Waals surface area (Å²) in [7, 11) is 0. The minimum atomic E-state index is -0.0562. The maximum atomic E-state index is 13.4. The van der Waals surface area contributed by atoms with Crippen LogP contribution in [0, 0.1) is 0 Å². The second-order valence-electron chi connectivity index (χ2n) is 7.65. The summed E-state index contributed by atoms with van der Waals surface area (Å²) in [5, 5.41) is 0.617. The summed E-state index contributed by atoms with van der Waals surface area (Å²) in [4.78, 5) is 35.3. The van der Waals surface area contributed by atoms with Crippen molar-refractivity contribution in [2.75, 3.05) is 44.3 Å². The largest absolute Gasteiger partial charge is 0.378 e. The second-order valence-corrected chi connectivity index (χ2v) is 8.09. The van der Waals surface area contributed by atoms with E-state index in [0.717, 1.165) is 32.0 Å². The number of piperazine rings is 1. The second kappa shape index (κ2) is 9.12. The highest BCUT2D eigenvalue weighted by Gasteiger charge is 2.32. The van der Waals surface area contributed by atoms with Crippen LogP contribution in [0.15, 0.2) is 42.6 Å². The van der Waals surface area contributed by atoms with Crippen LogP contribution in [0.25, 0.3) is 0 Å². The molecule has 0 unspecified atom stereocenters. The summed E-state index contributed by atoms with van der Waals surface area (Å²) in [6.45, 7) is 6.44. The lowest BCUT2D eigenvalue weighted by molar-refractivity contribution is -0.0738. The molecule has 1 aromatic carbocycles. The van der Waals surface area contributed by atoms with Crippen LogP contribution in [0.2, 0.25) is 5.02 Å². The van der Waals surface area contributed by atoms with E-state index in [1.54, 1.807) is 35.4 Å². The summed E-state index contributed by atoms with van der Waals surface area (Å²) in [6.07, 6.45) is 1.56. The molecule has 0 spiro atoms. The number of amides is 2.